The molecule has 0 unspecified atom stereocenters. The van der Waals surface area contributed by atoms with Gasteiger partial charge in [-0.1, -0.05) is 18.2 Å². The highest BCUT2D eigenvalue weighted by atomic mass is 35.5. The second-order valence-electron chi connectivity index (χ2n) is 2.48. The Hall–Kier alpha value is -1.02. The van der Waals surface area contributed by atoms with Crippen molar-refractivity contribution in [2.75, 3.05) is 6.61 Å². The zero-order chi connectivity index (χ0) is 9.52. The molecule has 1 rings (SSSR count). The fourth-order valence-electron chi connectivity index (χ4n) is 0.879. The van der Waals surface area contributed by atoms with E-state index in [-0.39, 0.29) is 0 Å². The van der Waals surface area contributed by atoms with E-state index in [9.17, 15) is 0 Å². The number of allylic oxidation sites excluding steroid dienone is 1. The number of rotatable bonds is 4. The Balaban J connectivity index is 2.64. The summed E-state index contributed by atoms with van der Waals surface area (Å²) in [6.07, 6.45) is 5.55. The summed E-state index contributed by atoms with van der Waals surface area (Å²) in [6.45, 7) is 2.49. The van der Waals surface area contributed by atoms with Gasteiger partial charge in [0.05, 0.1) is 5.88 Å². The smallest absolute Gasteiger partial charge is 0.218 e. The van der Waals surface area contributed by atoms with Crippen LogP contribution in [0.5, 0.6) is 5.88 Å². The first-order valence-corrected chi connectivity index (χ1v) is 4.65. The first-order valence-electron chi connectivity index (χ1n) is 4.12. The van der Waals surface area contributed by atoms with Crippen molar-refractivity contribution in [3.8, 4) is 5.88 Å². The zero-order valence-electron chi connectivity index (χ0n) is 7.53. The van der Waals surface area contributed by atoms with Crippen molar-refractivity contribution in [3.63, 3.8) is 0 Å². The highest BCUT2D eigenvalue weighted by Gasteiger charge is 2.00. The Labute approximate surface area is 83.2 Å². The minimum absolute atomic E-state index is 0.430. The largest absolute Gasteiger partial charge is 0.473 e. The molecule has 2 nitrogen and oxygen atoms in total. The Kier molecular flexibility index (Phi) is 4.33. The lowest BCUT2D eigenvalue weighted by Crippen LogP contribution is -1.98. The molecule has 0 amide bonds. The van der Waals surface area contributed by atoms with Gasteiger partial charge in [0.1, 0.15) is 6.61 Å². The molecule has 0 aromatic carbocycles. The van der Waals surface area contributed by atoms with Gasteiger partial charge in [-0.3, -0.25) is 0 Å². The van der Waals surface area contributed by atoms with Gasteiger partial charge in [0.15, 0.2) is 0 Å². The van der Waals surface area contributed by atoms with E-state index in [2.05, 4.69) is 4.98 Å². The van der Waals surface area contributed by atoms with Crippen LogP contribution in [0, 0.1) is 0 Å². The van der Waals surface area contributed by atoms with Crippen LogP contribution in [-0.2, 0) is 5.88 Å². The number of hydrogen-bond acceptors (Lipinski definition) is 2. The van der Waals surface area contributed by atoms with Gasteiger partial charge in [-0.2, -0.15) is 0 Å². The Bertz CT molecular complexity index is 286. The maximum atomic E-state index is 5.71. The van der Waals surface area contributed by atoms with Crippen LogP contribution >= 0.6 is 11.6 Å². The lowest BCUT2D eigenvalue weighted by molar-refractivity contribution is 0.345. The predicted octanol–water partition coefficient (Wildman–Crippen LogP) is 2.78. The molecule has 0 spiro atoms. The number of pyridine rings is 1. The summed E-state index contributed by atoms with van der Waals surface area (Å²) in [5, 5.41) is 0. The summed E-state index contributed by atoms with van der Waals surface area (Å²) in [4.78, 5) is 4.08. The third-order valence-electron chi connectivity index (χ3n) is 1.55. The van der Waals surface area contributed by atoms with Crippen molar-refractivity contribution in [1.29, 1.82) is 0 Å². The van der Waals surface area contributed by atoms with Gasteiger partial charge >= 0.3 is 0 Å². The predicted molar refractivity (Wildman–Crippen MR) is 54.1 cm³/mol. The standard InChI is InChI=1S/C10H12ClNO/c1-2-3-7-13-10-9(8-11)5-4-6-12-10/h2-6H,7-8H2,1H3/b3-2+. The van der Waals surface area contributed by atoms with Crippen LogP contribution < -0.4 is 4.74 Å². The number of halogens is 1. The van der Waals surface area contributed by atoms with Crippen LogP contribution in [0.1, 0.15) is 12.5 Å². The third-order valence-corrected chi connectivity index (χ3v) is 1.83. The quantitative estimate of drug-likeness (QED) is 0.547. The Morgan fingerprint density at radius 2 is 2.46 bits per heavy atom. The minimum Gasteiger partial charge on any atom is -0.473 e. The van der Waals surface area contributed by atoms with Gasteiger partial charge < -0.3 is 4.74 Å². The number of hydrogen-bond donors (Lipinski definition) is 0. The van der Waals surface area contributed by atoms with Crippen molar-refractivity contribution >= 4 is 11.6 Å². The first-order chi connectivity index (χ1) is 6.38. The van der Waals surface area contributed by atoms with Crippen molar-refractivity contribution < 1.29 is 4.74 Å². The normalized spacial score (nSPS) is 10.6. The lowest BCUT2D eigenvalue weighted by atomic mass is 10.3. The molecule has 0 atom stereocenters. The number of alkyl halides is 1. The molecule has 1 aromatic heterocycles. The summed E-state index contributed by atoms with van der Waals surface area (Å²) in [6, 6.07) is 3.76. The molecule has 1 aromatic rings. The monoisotopic (exact) mass is 197 g/mol. The lowest BCUT2D eigenvalue weighted by Gasteiger charge is -2.05. The summed E-state index contributed by atoms with van der Waals surface area (Å²) in [5.41, 5.74) is 0.925. The minimum atomic E-state index is 0.430. The average Bonchev–Trinajstić information content (AvgIpc) is 2.19. The van der Waals surface area contributed by atoms with E-state index in [4.69, 9.17) is 16.3 Å². The fourth-order valence-corrected chi connectivity index (χ4v) is 1.08. The molecule has 0 radical (unpaired) electrons. The number of ether oxygens (including phenoxy) is 1. The van der Waals surface area contributed by atoms with E-state index in [0.29, 0.717) is 18.4 Å². The van der Waals surface area contributed by atoms with Crippen LogP contribution in [0.15, 0.2) is 30.5 Å². The van der Waals surface area contributed by atoms with Crippen molar-refractivity contribution in [3.05, 3.63) is 36.0 Å². The summed E-state index contributed by atoms with van der Waals surface area (Å²) >= 11 is 5.71. The van der Waals surface area contributed by atoms with Crippen molar-refractivity contribution in [1.82, 2.24) is 4.98 Å². The topological polar surface area (TPSA) is 22.1 Å². The molecule has 0 saturated heterocycles. The molecule has 1 heterocycles. The molecule has 3 heteroatoms. The van der Waals surface area contributed by atoms with E-state index in [1.165, 1.54) is 0 Å². The van der Waals surface area contributed by atoms with Crippen LogP contribution in [0.2, 0.25) is 0 Å². The van der Waals surface area contributed by atoms with Gasteiger partial charge in [0.2, 0.25) is 5.88 Å². The molecule has 70 valence electrons. The second kappa shape index (κ2) is 5.60. The number of aromatic nitrogens is 1. The molecule has 0 aliphatic heterocycles. The molecule has 0 saturated carbocycles. The maximum absolute atomic E-state index is 5.71. The molecule has 0 N–H and O–H groups in total. The molecular formula is C10H12ClNO. The second-order valence-corrected chi connectivity index (χ2v) is 2.75. The van der Waals surface area contributed by atoms with Crippen LogP contribution in [0.25, 0.3) is 0 Å². The number of nitrogens with zero attached hydrogens (tertiary/aromatic N) is 1. The Morgan fingerprint density at radius 1 is 1.62 bits per heavy atom. The van der Waals surface area contributed by atoms with Gasteiger partial charge in [-0.15, -0.1) is 11.6 Å². The van der Waals surface area contributed by atoms with Crippen molar-refractivity contribution in [2.45, 2.75) is 12.8 Å². The maximum Gasteiger partial charge on any atom is 0.218 e. The van der Waals surface area contributed by atoms with E-state index < -0.39 is 0 Å². The molecule has 0 fully saturated rings. The SMILES string of the molecule is C/C=C/COc1ncccc1CCl. The van der Waals surface area contributed by atoms with Crippen LogP contribution in [0.4, 0.5) is 0 Å². The van der Waals surface area contributed by atoms with E-state index >= 15 is 0 Å². The highest BCUT2D eigenvalue weighted by molar-refractivity contribution is 6.17. The van der Waals surface area contributed by atoms with Gasteiger partial charge in [0, 0.05) is 11.8 Å². The molecule has 0 aliphatic rings. The Morgan fingerprint density at radius 3 is 3.15 bits per heavy atom. The van der Waals surface area contributed by atoms with Crippen LogP contribution in [0.3, 0.4) is 0 Å². The molecule has 13 heavy (non-hydrogen) atoms. The zero-order valence-corrected chi connectivity index (χ0v) is 8.29. The summed E-state index contributed by atoms with van der Waals surface area (Å²) < 4.78 is 5.39. The summed E-state index contributed by atoms with van der Waals surface area (Å²) in [5.74, 6) is 1.05. The van der Waals surface area contributed by atoms with Gasteiger partial charge in [0.25, 0.3) is 0 Å². The van der Waals surface area contributed by atoms with Crippen LogP contribution in [-0.4, -0.2) is 11.6 Å². The highest BCUT2D eigenvalue weighted by Crippen LogP contribution is 2.15. The average molecular weight is 198 g/mol. The van der Waals surface area contributed by atoms with E-state index in [1.807, 2.05) is 31.2 Å². The first kappa shape index (κ1) is 10.1. The fraction of sp³-hybridized carbons (Fsp3) is 0.300. The molecule has 0 aliphatic carbocycles. The molecular weight excluding hydrogens is 186 g/mol. The molecule has 0 bridgehead atoms. The third kappa shape index (κ3) is 3.07. The van der Waals surface area contributed by atoms with Gasteiger partial charge in [-0.05, 0) is 13.0 Å². The summed E-state index contributed by atoms with van der Waals surface area (Å²) in [7, 11) is 0. The van der Waals surface area contributed by atoms with Crippen molar-refractivity contribution in [2.24, 2.45) is 0 Å². The van der Waals surface area contributed by atoms with Gasteiger partial charge in [-0.25, -0.2) is 4.98 Å². The van der Waals surface area contributed by atoms with E-state index in [1.54, 1.807) is 6.20 Å². The van der Waals surface area contributed by atoms with E-state index in [0.717, 1.165) is 5.56 Å².